The van der Waals surface area contributed by atoms with Crippen LogP contribution in [0.3, 0.4) is 0 Å². The van der Waals surface area contributed by atoms with E-state index in [0.717, 1.165) is 17.0 Å². The Morgan fingerprint density at radius 1 is 1.24 bits per heavy atom. The van der Waals surface area contributed by atoms with E-state index in [-0.39, 0.29) is 48.7 Å². The lowest BCUT2D eigenvalue weighted by Crippen LogP contribution is -2.36. The second-order valence-corrected chi connectivity index (χ2v) is 9.65. The Balaban J connectivity index is 1.72. The predicted octanol–water partition coefficient (Wildman–Crippen LogP) is 2.76. The predicted molar refractivity (Wildman–Crippen MR) is 101 cm³/mol. The number of amides is 1. The number of ether oxygens (including phenoxy) is 1. The van der Waals surface area contributed by atoms with Crippen LogP contribution in [0.25, 0.3) is 0 Å². The number of benzene rings is 1. The molecule has 0 aliphatic carbocycles. The average molecular weight is 454 g/mol. The van der Waals surface area contributed by atoms with Gasteiger partial charge in [-0.3, -0.25) is 4.90 Å². The van der Waals surface area contributed by atoms with Gasteiger partial charge in [-0.05, 0) is 30.9 Å². The first kappa shape index (κ1) is 21.8. The summed E-state index contributed by atoms with van der Waals surface area (Å²) in [6, 6.07) is 1.98. The van der Waals surface area contributed by atoms with Crippen molar-refractivity contribution in [1.29, 1.82) is 0 Å². The Kier molecular flexibility index (Phi) is 6.32. The number of nitrogens with one attached hydrogen (secondary N) is 1. The highest BCUT2D eigenvalue weighted by atomic mass is 32.2. The van der Waals surface area contributed by atoms with Gasteiger partial charge in [0.05, 0.1) is 30.3 Å². The molecule has 6 nitrogen and oxygen atoms in total. The molecule has 12 heteroatoms. The lowest BCUT2D eigenvalue weighted by Gasteiger charge is -2.24. The minimum Gasteiger partial charge on any atom is -0.442 e. The molecular formula is C17H18F4N2O4S2. The van der Waals surface area contributed by atoms with Crippen molar-refractivity contribution in [2.75, 3.05) is 29.5 Å². The number of carbonyl (C=O) groups excluding carboxylic acids is 1. The van der Waals surface area contributed by atoms with E-state index in [9.17, 15) is 30.8 Å². The topological polar surface area (TPSA) is 75.7 Å². The summed E-state index contributed by atoms with van der Waals surface area (Å²) in [5.41, 5.74) is -0.271. The SMILES string of the molecule is O=C1OC(CNC(=S)C(F)F)CN1c1cc(F)c(C2CCS(=O)(=O)CC2)c(F)c1. The van der Waals surface area contributed by atoms with Gasteiger partial charge in [-0.2, -0.15) is 0 Å². The van der Waals surface area contributed by atoms with Crippen molar-refractivity contribution in [3.05, 3.63) is 29.3 Å². The molecule has 1 aromatic carbocycles. The Morgan fingerprint density at radius 3 is 2.38 bits per heavy atom. The molecule has 1 unspecified atom stereocenters. The number of hydrogen-bond acceptors (Lipinski definition) is 5. The molecule has 2 aliphatic heterocycles. The van der Waals surface area contributed by atoms with Crippen molar-refractivity contribution < 1.29 is 35.5 Å². The number of alkyl halides is 2. The molecule has 0 radical (unpaired) electrons. The maximum Gasteiger partial charge on any atom is 0.414 e. The van der Waals surface area contributed by atoms with E-state index in [1.807, 2.05) is 0 Å². The van der Waals surface area contributed by atoms with Crippen LogP contribution < -0.4 is 10.2 Å². The molecular weight excluding hydrogens is 436 g/mol. The first-order valence-electron chi connectivity index (χ1n) is 8.81. The molecule has 2 saturated heterocycles. The minimum atomic E-state index is -3.18. The smallest absolute Gasteiger partial charge is 0.414 e. The third kappa shape index (κ3) is 4.97. The molecule has 29 heavy (non-hydrogen) atoms. The monoisotopic (exact) mass is 454 g/mol. The quantitative estimate of drug-likeness (QED) is 0.545. The number of anilines is 1. The number of cyclic esters (lactones) is 1. The van der Waals surface area contributed by atoms with Gasteiger partial charge in [0.25, 0.3) is 6.43 Å². The summed E-state index contributed by atoms with van der Waals surface area (Å²) >= 11 is 4.44. The van der Waals surface area contributed by atoms with E-state index >= 15 is 0 Å². The summed E-state index contributed by atoms with van der Waals surface area (Å²) in [4.78, 5) is 12.3. The van der Waals surface area contributed by atoms with Crippen LogP contribution in [0.1, 0.15) is 24.3 Å². The van der Waals surface area contributed by atoms with Gasteiger partial charge >= 0.3 is 6.09 Å². The highest BCUT2D eigenvalue weighted by Crippen LogP contribution is 2.35. The fourth-order valence-electron chi connectivity index (χ4n) is 3.43. The average Bonchev–Trinajstić information content (AvgIpc) is 3.01. The van der Waals surface area contributed by atoms with Crippen LogP contribution in [0.5, 0.6) is 0 Å². The first-order valence-corrected chi connectivity index (χ1v) is 11.0. The molecule has 1 amide bonds. The zero-order chi connectivity index (χ0) is 21.3. The standard InChI is InChI=1S/C17H18F4N2O4S2/c18-12-5-10(6-13(19)14(12)9-1-3-29(25,26)4-2-9)23-8-11(27-17(23)24)7-22-16(28)15(20)21/h5-6,9,11,15H,1-4,7-8H2,(H,22,28). The van der Waals surface area contributed by atoms with Gasteiger partial charge in [0.2, 0.25) is 0 Å². The van der Waals surface area contributed by atoms with Crippen LogP contribution in [-0.4, -0.2) is 56.6 Å². The molecule has 1 aromatic rings. The fourth-order valence-corrected chi connectivity index (χ4v) is 5.00. The largest absolute Gasteiger partial charge is 0.442 e. The summed E-state index contributed by atoms with van der Waals surface area (Å²) in [5.74, 6) is -2.59. The normalized spacial score (nSPS) is 22.0. The minimum absolute atomic E-state index is 0.0730. The molecule has 0 saturated carbocycles. The summed E-state index contributed by atoms with van der Waals surface area (Å²) < 4.78 is 82.1. The lowest BCUT2D eigenvalue weighted by atomic mass is 9.92. The summed E-state index contributed by atoms with van der Waals surface area (Å²) in [6.45, 7) is -0.261. The van der Waals surface area contributed by atoms with Crippen molar-refractivity contribution in [3.8, 4) is 0 Å². The number of rotatable bonds is 5. The van der Waals surface area contributed by atoms with Crippen LogP contribution in [0, 0.1) is 11.6 Å². The summed E-state index contributed by atoms with van der Waals surface area (Å²) in [5, 5.41) is 2.28. The van der Waals surface area contributed by atoms with Crippen LogP contribution in [0.2, 0.25) is 0 Å². The molecule has 2 aliphatic rings. The van der Waals surface area contributed by atoms with Gasteiger partial charge in [-0.15, -0.1) is 0 Å². The maximum absolute atomic E-state index is 14.6. The third-order valence-corrected chi connectivity index (χ3v) is 6.95. The van der Waals surface area contributed by atoms with Gasteiger partial charge in [0.1, 0.15) is 32.6 Å². The number of halogens is 4. The highest BCUT2D eigenvalue weighted by Gasteiger charge is 2.35. The molecule has 0 spiro atoms. The number of carbonyl (C=O) groups is 1. The molecule has 0 bridgehead atoms. The van der Waals surface area contributed by atoms with Gasteiger partial charge in [-0.25, -0.2) is 30.8 Å². The molecule has 1 N–H and O–H groups in total. The van der Waals surface area contributed by atoms with Gasteiger partial charge in [-0.1, -0.05) is 12.2 Å². The van der Waals surface area contributed by atoms with Crippen molar-refractivity contribution in [1.82, 2.24) is 5.32 Å². The van der Waals surface area contributed by atoms with Crippen LogP contribution in [0.4, 0.5) is 28.0 Å². The van der Waals surface area contributed by atoms with E-state index < -0.39 is 51.0 Å². The summed E-state index contributed by atoms with van der Waals surface area (Å²) in [6.07, 6.45) is -4.29. The highest BCUT2D eigenvalue weighted by molar-refractivity contribution is 7.91. The molecule has 0 aromatic heterocycles. The van der Waals surface area contributed by atoms with Crippen LogP contribution >= 0.6 is 12.2 Å². The van der Waals surface area contributed by atoms with Crippen molar-refractivity contribution in [2.45, 2.75) is 31.3 Å². The molecule has 1 atom stereocenters. The van der Waals surface area contributed by atoms with Gasteiger partial charge in [0.15, 0.2) is 0 Å². The Morgan fingerprint density at radius 2 is 1.83 bits per heavy atom. The van der Waals surface area contributed by atoms with E-state index in [1.165, 1.54) is 0 Å². The van der Waals surface area contributed by atoms with Crippen LogP contribution in [0.15, 0.2) is 12.1 Å². The van der Waals surface area contributed by atoms with E-state index in [1.54, 1.807) is 0 Å². The number of thiocarbonyl (C=S) groups is 1. The third-order valence-electron chi connectivity index (χ3n) is 4.91. The van der Waals surface area contributed by atoms with Crippen LogP contribution in [-0.2, 0) is 14.6 Å². The lowest BCUT2D eigenvalue weighted by molar-refractivity contribution is 0.142. The Bertz CT molecular complexity index is 889. The number of nitrogens with zero attached hydrogens (tertiary/aromatic N) is 1. The Labute approximate surface area is 170 Å². The second kappa shape index (κ2) is 8.42. The second-order valence-electron chi connectivity index (χ2n) is 6.91. The first-order chi connectivity index (χ1) is 13.6. The van der Waals surface area contributed by atoms with Gasteiger partial charge < -0.3 is 10.1 Å². The Hall–Kier alpha value is -1.95. The van der Waals surface area contributed by atoms with E-state index in [4.69, 9.17) is 4.74 Å². The zero-order valence-electron chi connectivity index (χ0n) is 15.0. The fraction of sp³-hybridized carbons (Fsp3) is 0.529. The van der Waals surface area contributed by atoms with Crippen molar-refractivity contribution in [2.24, 2.45) is 0 Å². The number of sulfone groups is 1. The van der Waals surface area contributed by atoms with Crippen molar-refractivity contribution in [3.63, 3.8) is 0 Å². The van der Waals surface area contributed by atoms with Gasteiger partial charge in [0, 0.05) is 5.56 Å². The summed E-state index contributed by atoms with van der Waals surface area (Å²) in [7, 11) is -3.18. The maximum atomic E-state index is 14.6. The van der Waals surface area contributed by atoms with E-state index in [0.29, 0.717) is 0 Å². The molecule has 2 heterocycles. The number of hydrogen-bond donors (Lipinski definition) is 1. The molecule has 2 fully saturated rings. The molecule has 3 rings (SSSR count). The van der Waals surface area contributed by atoms with E-state index in [2.05, 4.69) is 17.5 Å². The van der Waals surface area contributed by atoms with Crippen molar-refractivity contribution >= 4 is 38.8 Å². The zero-order valence-corrected chi connectivity index (χ0v) is 16.7. The molecule has 160 valence electrons.